The Kier molecular flexibility index (Phi) is 5.28. The van der Waals surface area contributed by atoms with Crippen LogP contribution < -0.4 is 4.74 Å². The van der Waals surface area contributed by atoms with E-state index in [2.05, 4.69) is 0 Å². The maximum absolute atomic E-state index is 12.6. The van der Waals surface area contributed by atoms with Crippen molar-refractivity contribution < 1.29 is 32.5 Å². The van der Waals surface area contributed by atoms with Crippen molar-refractivity contribution in [1.82, 2.24) is 0 Å². The monoisotopic (exact) mass is 318 g/mol. The van der Waals surface area contributed by atoms with Crippen LogP contribution in [0.15, 0.2) is 24.3 Å². The molecule has 0 radical (unpaired) electrons. The average Bonchev–Trinajstić information content (AvgIpc) is 2.48. The highest BCUT2D eigenvalue weighted by Crippen LogP contribution is 2.32. The van der Waals surface area contributed by atoms with Crippen LogP contribution >= 0.6 is 0 Å². The van der Waals surface area contributed by atoms with Crippen LogP contribution in [-0.4, -0.2) is 30.9 Å². The number of carboxylic acid groups (broad SMARTS) is 1. The topological polar surface area (TPSA) is 55.8 Å². The van der Waals surface area contributed by atoms with E-state index < -0.39 is 23.6 Å². The van der Waals surface area contributed by atoms with Crippen molar-refractivity contribution in [2.45, 2.75) is 19.0 Å². The smallest absolute Gasteiger partial charge is 0.416 e. The van der Waals surface area contributed by atoms with Crippen LogP contribution in [0.2, 0.25) is 0 Å². The molecule has 0 saturated carbocycles. The Bertz CT molecular complexity index is 510. The van der Waals surface area contributed by atoms with Gasteiger partial charge in [-0.05, 0) is 37.0 Å². The van der Waals surface area contributed by atoms with Crippen molar-refractivity contribution in [3.63, 3.8) is 0 Å². The molecule has 1 atom stereocenters. The molecule has 4 nitrogen and oxygen atoms in total. The Balaban J connectivity index is 2.01. The molecule has 0 bridgehead atoms. The summed E-state index contributed by atoms with van der Waals surface area (Å²) >= 11 is 0. The first kappa shape index (κ1) is 16.6. The minimum absolute atomic E-state index is 0.0214. The van der Waals surface area contributed by atoms with Crippen molar-refractivity contribution in [1.29, 1.82) is 0 Å². The molecule has 7 heteroatoms. The molecular formula is C15H17F3O4. The van der Waals surface area contributed by atoms with Crippen LogP contribution in [0.5, 0.6) is 5.75 Å². The molecule has 0 aliphatic carbocycles. The van der Waals surface area contributed by atoms with Crippen LogP contribution in [0, 0.1) is 11.8 Å². The molecule has 122 valence electrons. The third kappa shape index (κ3) is 4.37. The number of carboxylic acids is 1. The van der Waals surface area contributed by atoms with Gasteiger partial charge in [-0.3, -0.25) is 4.79 Å². The fraction of sp³-hybridized carbons (Fsp3) is 0.533. The molecule has 1 saturated heterocycles. The van der Waals surface area contributed by atoms with Crippen molar-refractivity contribution in [2.75, 3.05) is 19.8 Å². The number of aliphatic carboxylic acids is 1. The van der Waals surface area contributed by atoms with E-state index in [0.717, 1.165) is 12.1 Å². The van der Waals surface area contributed by atoms with Gasteiger partial charge in [0.15, 0.2) is 0 Å². The van der Waals surface area contributed by atoms with Crippen molar-refractivity contribution in [3.8, 4) is 5.75 Å². The Labute approximate surface area is 125 Å². The van der Waals surface area contributed by atoms with Gasteiger partial charge in [0.2, 0.25) is 0 Å². The predicted octanol–water partition coefficient (Wildman–Crippen LogP) is 3.21. The zero-order valence-electron chi connectivity index (χ0n) is 11.8. The number of benzene rings is 1. The van der Waals surface area contributed by atoms with Crippen molar-refractivity contribution >= 4 is 5.97 Å². The summed E-state index contributed by atoms with van der Waals surface area (Å²) in [4.78, 5) is 11.3. The predicted molar refractivity (Wildman–Crippen MR) is 71.6 cm³/mol. The Morgan fingerprint density at radius 2 is 2.05 bits per heavy atom. The van der Waals surface area contributed by atoms with Gasteiger partial charge in [-0.15, -0.1) is 0 Å². The maximum atomic E-state index is 12.6. The van der Waals surface area contributed by atoms with Gasteiger partial charge in [-0.2, -0.15) is 13.2 Å². The summed E-state index contributed by atoms with van der Waals surface area (Å²) in [7, 11) is 0. The van der Waals surface area contributed by atoms with Crippen molar-refractivity contribution in [2.24, 2.45) is 11.8 Å². The molecule has 1 heterocycles. The highest BCUT2D eigenvalue weighted by atomic mass is 19.4. The number of rotatable bonds is 5. The summed E-state index contributed by atoms with van der Waals surface area (Å²) in [6, 6.07) is 4.45. The number of alkyl halides is 3. The average molecular weight is 318 g/mol. The minimum atomic E-state index is -4.45. The van der Waals surface area contributed by atoms with E-state index in [0.29, 0.717) is 26.1 Å². The number of ether oxygens (including phenoxy) is 2. The van der Waals surface area contributed by atoms with Crippen LogP contribution in [0.1, 0.15) is 18.4 Å². The molecule has 1 aromatic carbocycles. The quantitative estimate of drug-likeness (QED) is 0.906. The summed E-state index contributed by atoms with van der Waals surface area (Å²) < 4.78 is 48.4. The molecule has 0 amide bonds. The van der Waals surface area contributed by atoms with Gasteiger partial charge in [-0.25, -0.2) is 0 Å². The zero-order valence-corrected chi connectivity index (χ0v) is 11.8. The molecule has 1 fully saturated rings. The highest BCUT2D eigenvalue weighted by Gasteiger charge is 2.32. The molecular weight excluding hydrogens is 301 g/mol. The third-order valence-corrected chi connectivity index (χ3v) is 3.74. The lowest BCUT2D eigenvalue weighted by Gasteiger charge is -2.27. The fourth-order valence-corrected chi connectivity index (χ4v) is 2.48. The SMILES string of the molecule is O=C(O)C(COc1cccc(C(F)(F)F)c1)C1CCOCC1. The van der Waals surface area contributed by atoms with Gasteiger partial charge in [0.05, 0.1) is 11.5 Å². The number of halogens is 3. The van der Waals surface area contributed by atoms with Gasteiger partial charge >= 0.3 is 12.1 Å². The molecule has 1 N–H and O–H groups in total. The van der Waals surface area contributed by atoms with Crippen LogP contribution in [0.4, 0.5) is 13.2 Å². The van der Waals surface area contributed by atoms with E-state index in [1.54, 1.807) is 0 Å². The van der Waals surface area contributed by atoms with Gasteiger partial charge < -0.3 is 14.6 Å². The lowest BCUT2D eigenvalue weighted by molar-refractivity contribution is -0.146. The highest BCUT2D eigenvalue weighted by molar-refractivity contribution is 5.70. The molecule has 0 spiro atoms. The number of hydrogen-bond acceptors (Lipinski definition) is 3. The largest absolute Gasteiger partial charge is 0.493 e. The van der Waals surface area contributed by atoms with Crippen molar-refractivity contribution in [3.05, 3.63) is 29.8 Å². The molecule has 1 aromatic rings. The second-order valence-corrected chi connectivity index (χ2v) is 5.23. The van der Waals surface area contributed by atoms with E-state index in [-0.39, 0.29) is 18.3 Å². The molecule has 1 aliphatic rings. The van der Waals surface area contributed by atoms with Gasteiger partial charge in [-0.1, -0.05) is 6.07 Å². The van der Waals surface area contributed by atoms with E-state index in [9.17, 15) is 23.1 Å². The number of carbonyl (C=O) groups is 1. The van der Waals surface area contributed by atoms with Crippen LogP contribution in [0.3, 0.4) is 0 Å². The van der Waals surface area contributed by atoms with Gasteiger partial charge in [0.1, 0.15) is 12.4 Å². The maximum Gasteiger partial charge on any atom is 0.416 e. The van der Waals surface area contributed by atoms with Gasteiger partial charge in [0, 0.05) is 13.2 Å². The third-order valence-electron chi connectivity index (χ3n) is 3.74. The first-order chi connectivity index (χ1) is 10.4. The molecule has 1 aliphatic heterocycles. The standard InChI is InChI=1S/C15H17F3O4/c16-15(17,18)11-2-1-3-12(8-11)22-9-13(14(19)20)10-4-6-21-7-5-10/h1-3,8,10,13H,4-7,9H2,(H,19,20). The first-order valence-corrected chi connectivity index (χ1v) is 6.98. The second kappa shape index (κ2) is 7.00. The van der Waals surface area contributed by atoms with Crippen LogP contribution in [-0.2, 0) is 15.7 Å². The Morgan fingerprint density at radius 1 is 1.36 bits per heavy atom. The number of hydrogen-bond donors (Lipinski definition) is 1. The van der Waals surface area contributed by atoms with E-state index in [1.807, 2.05) is 0 Å². The molecule has 0 aromatic heterocycles. The fourth-order valence-electron chi connectivity index (χ4n) is 2.48. The normalized spacial score (nSPS) is 18.0. The van der Waals surface area contributed by atoms with Crippen LogP contribution in [0.25, 0.3) is 0 Å². The van der Waals surface area contributed by atoms with E-state index in [4.69, 9.17) is 9.47 Å². The summed E-state index contributed by atoms with van der Waals surface area (Å²) in [5, 5.41) is 9.29. The lowest BCUT2D eigenvalue weighted by Crippen LogP contribution is -2.33. The Morgan fingerprint density at radius 3 is 2.64 bits per heavy atom. The zero-order chi connectivity index (χ0) is 16.2. The first-order valence-electron chi connectivity index (χ1n) is 6.98. The molecule has 1 unspecified atom stereocenters. The Hall–Kier alpha value is -1.76. The lowest BCUT2D eigenvalue weighted by atomic mass is 9.86. The summed E-state index contributed by atoms with van der Waals surface area (Å²) in [5.74, 6) is -1.82. The summed E-state index contributed by atoms with van der Waals surface area (Å²) in [5.41, 5.74) is -0.817. The van der Waals surface area contributed by atoms with E-state index >= 15 is 0 Å². The molecule has 22 heavy (non-hydrogen) atoms. The second-order valence-electron chi connectivity index (χ2n) is 5.23. The summed E-state index contributed by atoms with van der Waals surface area (Å²) in [6.07, 6.45) is -3.22. The summed E-state index contributed by atoms with van der Waals surface area (Å²) in [6.45, 7) is 0.845. The minimum Gasteiger partial charge on any atom is -0.493 e. The van der Waals surface area contributed by atoms with Gasteiger partial charge in [0.25, 0.3) is 0 Å². The van der Waals surface area contributed by atoms with E-state index in [1.165, 1.54) is 12.1 Å². The molecule has 2 rings (SSSR count).